The minimum absolute atomic E-state index is 0.0308. The van der Waals surface area contributed by atoms with Gasteiger partial charge in [-0.05, 0) is 36.1 Å². The molecule has 0 amide bonds. The van der Waals surface area contributed by atoms with Crippen LogP contribution in [0.15, 0.2) is 42.5 Å². The molecule has 1 aliphatic rings. The third-order valence-electron chi connectivity index (χ3n) is 5.37. The lowest BCUT2D eigenvalue weighted by Gasteiger charge is -2.36. The highest BCUT2D eigenvalue weighted by atomic mass is 35.5. The Bertz CT molecular complexity index is 993. The van der Waals surface area contributed by atoms with Gasteiger partial charge in [-0.1, -0.05) is 55.3 Å². The second-order valence-electron chi connectivity index (χ2n) is 7.13. The molecule has 0 saturated heterocycles. The average molecular weight is 384 g/mol. The zero-order valence-electron chi connectivity index (χ0n) is 15.2. The standard InChI is InChI=1S/C22H22ClNO3/c1-2-11-22(13-19(25)26)21-18(10-12-27-22)17-5-3-4-16(20(17)24-21)14-6-8-15(23)9-7-14/h3-9,24H,2,10-13H2,1H3,(H,25,26). The zero-order valence-corrected chi connectivity index (χ0v) is 16.0. The third-order valence-corrected chi connectivity index (χ3v) is 5.63. The molecule has 140 valence electrons. The first-order chi connectivity index (χ1) is 13.0. The molecule has 4 rings (SSSR count). The van der Waals surface area contributed by atoms with Crippen molar-refractivity contribution in [2.45, 2.75) is 38.2 Å². The Kier molecular flexibility index (Phi) is 4.70. The van der Waals surface area contributed by atoms with Gasteiger partial charge in [-0.25, -0.2) is 0 Å². The number of carboxylic acids is 1. The molecule has 0 fully saturated rings. The monoisotopic (exact) mass is 383 g/mol. The van der Waals surface area contributed by atoms with Gasteiger partial charge in [0.1, 0.15) is 5.60 Å². The van der Waals surface area contributed by atoms with E-state index in [4.69, 9.17) is 16.3 Å². The Morgan fingerprint density at radius 3 is 2.74 bits per heavy atom. The van der Waals surface area contributed by atoms with E-state index >= 15 is 0 Å². The number of carbonyl (C=O) groups is 1. The molecule has 27 heavy (non-hydrogen) atoms. The van der Waals surface area contributed by atoms with E-state index in [-0.39, 0.29) is 6.42 Å². The van der Waals surface area contributed by atoms with Gasteiger partial charge < -0.3 is 14.8 Å². The Balaban J connectivity index is 1.93. The van der Waals surface area contributed by atoms with Gasteiger partial charge in [0.25, 0.3) is 0 Å². The number of hydrogen-bond donors (Lipinski definition) is 2. The number of fused-ring (bicyclic) bond motifs is 3. The number of aromatic nitrogens is 1. The maximum atomic E-state index is 11.6. The van der Waals surface area contributed by atoms with Gasteiger partial charge >= 0.3 is 5.97 Å². The van der Waals surface area contributed by atoms with E-state index in [1.807, 2.05) is 24.3 Å². The van der Waals surface area contributed by atoms with E-state index in [0.29, 0.717) is 18.1 Å². The van der Waals surface area contributed by atoms with Crippen molar-refractivity contribution in [3.05, 3.63) is 58.7 Å². The first-order valence-electron chi connectivity index (χ1n) is 9.30. The topological polar surface area (TPSA) is 62.3 Å². The molecule has 2 N–H and O–H groups in total. The van der Waals surface area contributed by atoms with Crippen molar-refractivity contribution in [3.8, 4) is 11.1 Å². The van der Waals surface area contributed by atoms with Crippen LogP contribution in [-0.2, 0) is 21.6 Å². The highest BCUT2D eigenvalue weighted by Crippen LogP contribution is 2.44. The fraction of sp³-hybridized carbons (Fsp3) is 0.318. The van der Waals surface area contributed by atoms with E-state index in [1.165, 1.54) is 5.56 Å². The molecule has 0 spiro atoms. The van der Waals surface area contributed by atoms with Crippen molar-refractivity contribution >= 4 is 28.5 Å². The summed E-state index contributed by atoms with van der Waals surface area (Å²) in [5.41, 5.74) is 4.50. The van der Waals surface area contributed by atoms with Crippen molar-refractivity contribution < 1.29 is 14.6 Å². The fourth-order valence-electron chi connectivity index (χ4n) is 4.29. The summed E-state index contributed by atoms with van der Waals surface area (Å²) in [6.07, 6.45) is 2.28. The lowest BCUT2D eigenvalue weighted by Crippen LogP contribution is -2.37. The Hall–Kier alpha value is -2.30. The van der Waals surface area contributed by atoms with Crippen LogP contribution >= 0.6 is 11.6 Å². The number of carboxylic acid groups (broad SMARTS) is 1. The maximum absolute atomic E-state index is 11.6. The van der Waals surface area contributed by atoms with Crippen molar-refractivity contribution in [3.63, 3.8) is 0 Å². The van der Waals surface area contributed by atoms with Crippen LogP contribution in [0, 0.1) is 0 Å². The zero-order chi connectivity index (χ0) is 19.0. The molecule has 0 bridgehead atoms. The van der Waals surface area contributed by atoms with Crippen LogP contribution < -0.4 is 0 Å². The molecule has 3 aromatic rings. The second-order valence-corrected chi connectivity index (χ2v) is 7.56. The average Bonchev–Trinajstić information content (AvgIpc) is 3.03. The van der Waals surface area contributed by atoms with E-state index in [9.17, 15) is 9.90 Å². The number of ether oxygens (including phenoxy) is 1. The first-order valence-corrected chi connectivity index (χ1v) is 9.67. The maximum Gasteiger partial charge on any atom is 0.306 e. The van der Waals surface area contributed by atoms with Crippen LogP contribution in [0.4, 0.5) is 0 Å². The predicted molar refractivity (Wildman–Crippen MR) is 107 cm³/mol. The van der Waals surface area contributed by atoms with E-state index in [2.05, 4.69) is 30.1 Å². The number of aromatic amines is 1. The first kappa shape index (κ1) is 18.1. The van der Waals surface area contributed by atoms with Crippen molar-refractivity contribution in [1.29, 1.82) is 0 Å². The number of rotatable bonds is 5. The second kappa shape index (κ2) is 7.02. The summed E-state index contributed by atoms with van der Waals surface area (Å²) in [4.78, 5) is 15.1. The Morgan fingerprint density at radius 1 is 1.26 bits per heavy atom. The molecule has 1 aromatic heterocycles. The molecule has 1 unspecified atom stereocenters. The van der Waals surface area contributed by atoms with Crippen LogP contribution in [0.25, 0.3) is 22.0 Å². The summed E-state index contributed by atoms with van der Waals surface area (Å²) in [6, 6.07) is 14.0. The molecule has 0 aliphatic carbocycles. The van der Waals surface area contributed by atoms with Gasteiger partial charge in [0.2, 0.25) is 0 Å². The summed E-state index contributed by atoms with van der Waals surface area (Å²) >= 11 is 6.04. The highest BCUT2D eigenvalue weighted by molar-refractivity contribution is 6.30. The summed E-state index contributed by atoms with van der Waals surface area (Å²) < 4.78 is 6.10. The molecule has 1 aliphatic heterocycles. The van der Waals surface area contributed by atoms with Gasteiger partial charge in [0.05, 0.1) is 24.2 Å². The van der Waals surface area contributed by atoms with E-state index in [1.54, 1.807) is 0 Å². The van der Waals surface area contributed by atoms with Gasteiger partial charge in [-0.3, -0.25) is 4.79 Å². The Labute approximate surface area is 163 Å². The van der Waals surface area contributed by atoms with Crippen LogP contribution in [0.3, 0.4) is 0 Å². The summed E-state index contributed by atoms with van der Waals surface area (Å²) in [5.74, 6) is -0.840. The van der Waals surface area contributed by atoms with Crippen LogP contribution in [-0.4, -0.2) is 22.7 Å². The normalized spacial score (nSPS) is 19.2. The molecule has 5 heteroatoms. The molecule has 1 atom stereocenters. The molecule has 2 heterocycles. The van der Waals surface area contributed by atoms with Gasteiger partial charge in [0.15, 0.2) is 0 Å². The van der Waals surface area contributed by atoms with Crippen LogP contribution in [0.2, 0.25) is 5.02 Å². The predicted octanol–water partition coefficient (Wildman–Crippen LogP) is 5.53. The number of hydrogen-bond acceptors (Lipinski definition) is 2. The summed E-state index contributed by atoms with van der Waals surface area (Å²) in [5, 5.41) is 11.4. The third kappa shape index (κ3) is 3.13. The molecular weight excluding hydrogens is 362 g/mol. The van der Waals surface area contributed by atoms with E-state index < -0.39 is 11.6 Å². The fourth-order valence-corrected chi connectivity index (χ4v) is 4.41. The lowest BCUT2D eigenvalue weighted by molar-refractivity contribution is -0.149. The molecular formula is C22H22ClNO3. The number of nitrogens with one attached hydrogen (secondary N) is 1. The minimum Gasteiger partial charge on any atom is -0.481 e. The van der Waals surface area contributed by atoms with Crippen molar-refractivity contribution in [2.75, 3.05) is 6.61 Å². The number of H-pyrrole nitrogens is 1. The van der Waals surface area contributed by atoms with Crippen LogP contribution in [0.5, 0.6) is 0 Å². The minimum atomic E-state index is -0.840. The SMILES string of the molecule is CCCC1(CC(=O)O)OCCc2c1[nH]c1c(-c3ccc(Cl)cc3)cccc21. The number of halogens is 1. The largest absolute Gasteiger partial charge is 0.481 e. The van der Waals surface area contributed by atoms with Gasteiger partial charge in [-0.15, -0.1) is 0 Å². The smallest absolute Gasteiger partial charge is 0.306 e. The quantitative estimate of drug-likeness (QED) is 0.608. The summed E-state index contributed by atoms with van der Waals surface area (Å²) in [7, 11) is 0. The van der Waals surface area contributed by atoms with Crippen molar-refractivity contribution in [2.24, 2.45) is 0 Å². The van der Waals surface area contributed by atoms with Crippen LogP contribution in [0.1, 0.15) is 37.4 Å². The molecule has 0 radical (unpaired) electrons. The molecule has 4 nitrogen and oxygen atoms in total. The van der Waals surface area contributed by atoms with Gasteiger partial charge in [0, 0.05) is 16.0 Å². The molecule has 0 saturated carbocycles. The lowest BCUT2D eigenvalue weighted by atomic mass is 9.85. The Morgan fingerprint density at radius 2 is 2.04 bits per heavy atom. The van der Waals surface area contributed by atoms with Gasteiger partial charge in [-0.2, -0.15) is 0 Å². The van der Waals surface area contributed by atoms with E-state index in [0.717, 1.165) is 40.6 Å². The number of para-hydroxylation sites is 1. The molecule has 2 aromatic carbocycles. The highest BCUT2D eigenvalue weighted by Gasteiger charge is 2.41. The van der Waals surface area contributed by atoms with Crippen molar-refractivity contribution in [1.82, 2.24) is 4.98 Å². The number of aliphatic carboxylic acids is 1. The number of benzene rings is 2. The summed E-state index contributed by atoms with van der Waals surface area (Å²) in [6.45, 7) is 2.60.